The van der Waals surface area contributed by atoms with Crippen LogP contribution in [0.5, 0.6) is 0 Å². The average molecular weight is 353 g/mol. The molecule has 0 radical (unpaired) electrons. The van der Waals surface area contributed by atoms with Gasteiger partial charge in [0.25, 0.3) is 5.91 Å². The summed E-state index contributed by atoms with van der Waals surface area (Å²) < 4.78 is 27.1. The zero-order valence-corrected chi connectivity index (χ0v) is 15.8. The van der Waals surface area contributed by atoms with Crippen LogP contribution in [0.2, 0.25) is 0 Å². The predicted molar refractivity (Wildman–Crippen MR) is 95.4 cm³/mol. The maximum absolute atomic E-state index is 12.8. The van der Waals surface area contributed by atoms with E-state index in [1.165, 1.54) is 12.1 Å². The lowest BCUT2D eigenvalue weighted by molar-refractivity contribution is 0.0930. The fraction of sp³-hybridized carbons (Fsp3) is 0.611. The molecular weight excluding hydrogens is 324 g/mol. The van der Waals surface area contributed by atoms with Crippen LogP contribution in [0.3, 0.4) is 0 Å². The van der Waals surface area contributed by atoms with E-state index in [1.807, 2.05) is 27.7 Å². The third-order valence-corrected chi connectivity index (χ3v) is 6.85. The largest absolute Gasteiger partial charge is 0.349 e. The third kappa shape index (κ3) is 4.16. The van der Waals surface area contributed by atoms with Crippen molar-refractivity contribution in [1.82, 2.24) is 9.62 Å². The van der Waals surface area contributed by atoms with Gasteiger partial charge in [-0.15, -0.1) is 0 Å². The quantitative estimate of drug-likeness (QED) is 0.886. The predicted octanol–water partition coefficient (Wildman–Crippen LogP) is 3.02. The van der Waals surface area contributed by atoms with Crippen LogP contribution in [0, 0.1) is 5.92 Å². The van der Waals surface area contributed by atoms with E-state index < -0.39 is 10.0 Å². The van der Waals surface area contributed by atoms with Crippen molar-refractivity contribution in [2.24, 2.45) is 5.92 Å². The van der Waals surface area contributed by atoms with E-state index >= 15 is 0 Å². The second kappa shape index (κ2) is 7.66. The van der Waals surface area contributed by atoms with Crippen molar-refractivity contribution >= 4 is 15.9 Å². The fourth-order valence-corrected chi connectivity index (χ4v) is 4.50. The van der Waals surface area contributed by atoms with E-state index in [1.54, 1.807) is 16.4 Å². The third-order valence-electron chi connectivity index (χ3n) is 4.82. The van der Waals surface area contributed by atoms with Crippen molar-refractivity contribution in [2.75, 3.05) is 6.54 Å². The number of hydrogen-bond donors (Lipinski definition) is 1. The fourth-order valence-electron chi connectivity index (χ4n) is 2.80. The van der Waals surface area contributed by atoms with Gasteiger partial charge in [0.05, 0.1) is 4.90 Å². The Hall–Kier alpha value is -1.40. The van der Waals surface area contributed by atoms with E-state index in [2.05, 4.69) is 5.32 Å². The Kier molecular flexibility index (Phi) is 6.04. The van der Waals surface area contributed by atoms with Crippen LogP contribution in [0.25, 0.3) is 0 Å². The summed E-state index contributed by atoms with van der Waals surface area (Å²) in [5.41, 5.74) is 0.480. The number of amides is 1. The number of carbonyl (C=O) groups is 1. The highest BCUT2D eigenvalue weighted by Gasteiger charge is 2.30. The molecule has 1 aliphatic heterocycles. The summed E-state index contributed by atoms with van der Waals surface area (Å²) in [6, 6.07) is 6.33. The summed E-state index contributed by atoms with van der Waals surface area (Å²) in [6.45, 7) is 8.56. The van der Waals surface area contributed by atoms with Crippen LogP contribution in [0.15, 0.2) is 29.2 Å². The molecule has 2 rings (SSSR count). The Morgan fingerprint density at radius 1 is 1.17 bits per heavy atom. The van der Waals surface area contributed by atoms with E-state index in [4.69, 9.17) is 0 Å². The number of carbonyl (C=O) groups excluding carboxylic acids is 1. The van der Waals surface area contributed by atoms with Gasteiger partial charge in [-0.25, -0.2) is 8.42 Å². The van der Waals surface area contributed by atoms with Gasteiger partial charge in [0.2, 0.25) is 10.0 Å². The molecule has 0 bridgehead atoms. The molecule has 1 aliphatic rings. The summed E-state index contributed by atoms with van der Waals surface area (Å²) in [5.74, 6) is 0.167. The molecule has 5 nitrogen and oxygen atoms in total. The summed E-state index contributed by atoms with van der Waals surface area (Å²) in [4.78, 5) is 12.5. The summed E-state index contributed by atoms with van der Waals surface area (Å²) in [6.07, 6.45) is 2.87. The van der Waals surface area contributed by atoms with Crippen molar-refractivity contribution in [2.45, 2.75) is 63.9 Å². The summed E-state index contributed by atoms with van der Waals surface area (Å²) in [7, 11) is -3.49. The van der Waals surface area contributed by atoms with Gasteiger partial charge < -0.3 is 5.32 Å². The standard InChI is InChI=1S/C18H28N2O3S/c1-13(2)15(4)19-18(21)16-8-10-17(11-9-16)24(22,23)20-12-6-5-7-14(20)3/h8-11,13-15H,5-7,12H2,1-4H3,(H,19,21)/t14-,15-/m1/s1. The number of benzene rings is 1. The maximum Gasteiger partial charge on any atom is 0.251 e. The van der Waals surface area contributed by atoms with Crippen molar-refractivity contribution < 1.29 is 13.2 Å². The lowest BCUT2D eigenvalue weighted by Crippen LogP contribution is -2.41. The van der Waals surface area contributed by atoms with Gasteiger partial charge in [0.15, 0.2) is 0 Å². The zero-order chi connectivity index (χ0) is 17.9. The van der Waals surface area contributed by atoms with E-state index in [0.717, 1.165) is 19.3 Å². The highest BCUT2D eigenvalue weighted by atomic mass is 32.2. The normalized spacial score (nSPS) is 20.8. The van der Waals surface area contributed by atoms with Crippen LogP contribution in [0.4, 0.5) is 0 Å². The van der Waals surface area contributed by atoms with Gasteiger partial charge in [0.1, 0.15) is 0 Å². The first-order valence-electron chi connectivity index (χ1n) is 8.66. The molecular formula is C18H28N2O3S. The topological polar surface area (TPSA) is 66.5 Å². The minimum atomic E-state index is -3.49. The van der Waals surface area contributed by atoms with E-state index in [0.29, 0.717) is 18.0 Å². The molecule has 0 aliphatic carbocycles. The van der Waals surface area contributed by atoms with Crippen LogP contribution < -0.4 is 5.32 Å². The number of rotatable bonds is 5. The highest BCUT2D eigenvalue weighted by Crippen LogP contribution is 2.25. The van der Waals surface area contributed by atoms with Gasteiger partial charge in [-0.2, -0.15) is 4.31 Å². The molecule has 0 saturated carbocycles. The summed E-state index contributed by atoms with van der Waals surface area (Å²) in [5, 5.41) is 2.93. The van der Waals surface area contributed by atoms with Gasteiger partial charge in [-0.3, -0.25) is 4.79 Å². The first-order valence-corrected chi connectivity index (χ1v) is 10.1. The molecule has 1 aromatic carbocycles. The van der Waals surface area contributed by atoms with Gasteiger partial charge >= 0.3 is 0 Å². The van der Waals surface area contributed by atoms with Crippen LogP contribution in [-0.4, -0.2) is 37.3 Å². The van der Waals surface area contributed by atoms with Crippen LogP contribution >= 0.6 is 0 Å². The number of nitrogens with one attached hydrogen (secondary N) is 1. The van der Waals surface area contributed by atoms with Crippen LogP contribution in [-0.2, 0) is 10.0 Å². The Morgan fingerprint density at radius 2 is 1.79 bits per heavy atom. The lowest BCUT2D eigenvalue weighted by Gasteiger charge is -2.32. The SMILES string of the molecule is CC(C)[C@@H](C)NC(=O)c1ccc(S(=O)(=O)N2CCCC[C@H]2C)cc1. The number of piperidine rings is 1. The second-order valence-corrected chi connectivity index (χ2v) is 8.88. The van der Waals surface area contributed by atoms with Crippen molar-refractivity contribution in [3.63, 3.8) is 0 Å². The molecule has 1 fully saturated rings. The molecule has 134 valence electrons. The van der Waals surface area contributed by atoms with Crippen molar-refractivity contribution in [1.29, 1.82) is 0 Å². The maximum atomic E-state index is 12.8. The Balaban J connectivity index is 2.15. The second-order valence-electron chi connectivity index (χ2n) is 6.99. The molecule has 6 heteroatoms. The molecule has 1 heterocycles. The summed E-state index contributed by atoms with van der Waals surface area (Å²) >= 11 is 0. The Bertz CT molecular complexity index is 668. The molecule has 1 amide bonds. The van der Waals surface area contributed by atoms with Gasteiger partial charge in [-0.05, 0) is 56.9 Å². The van der Waals surface area contributed by atoms with Crippen LogP contribution in [0.1, 0.15) is 57.3 Å². The van der Waals surface area contributed by atoms with E-state index in [-0.39, 0.29) is 22.9 Å². The Morgan fingerprint density at radius 3 is 2.33 bits per heavy atom. The molecule has 0 aromatic heterocycles. The van der Waals surface area contributed by atoms with Gasteiger partial charge in [-0.1, -0.05) is 20.3 Å². The van der Waals surface area contributed by atoms with E-state index in [9.17, 15) is 13.2 Å². The first kappa shape index (κ1) is 18.9. The zero-order valence-electron chi connectivity index (χ0n) is 15.0. The van der Waals surface area contributed by atoms with Crippen molar-refractivity contribution in [3.8, 4) is 0 Å². The van der Waals surface area contributed by atoms with Crippen molar-refractivity contribution in [3.05, 3.63) is 29.8 Å². The number of nitrogens with zero attached hydrogens (tertiary/aromatic N) is 1. The highest BCUT2D eigenvalue weighted by molar-refractivity contribution is 7.89. The lowest BCUT2D eigenvalue weighted by atomic mass is 10.1. The molecule has 1 aromatic rings. The molecule has 2 atom stereocenters. The smallest absolute Gasteiger partial charge is 0.251 e. The monoisotopic (exact) mass is 352 g/mol. The minimum Gasteiger partial charge on any atom is -0.349 e. The molecule has 0 unspecified atom stereocenters. The average Bonchev–Trinajstić information content (AvgIpc) is 2.55. The molecule has 1 saturated heterocycles. The molecule has 24 heavy (non-hydrogen) atoms. The Labute approximate surface area is 145 Å². The molecule has 1 N–H and O–H groups in total. The number of hydrogen-bond acceptors (Lipinski definition) is 3. The number of sulfonamides is 1. The first-order chi connectivity index (χ1) is 11.2. The molecule has 0 spiro atoms. The van der Waals surface area contributed by atoms with Gasteiger partial charge in [0, 0.05) is 24.2 Å². The minimum absolute atomic E-state index is 0.0265.